The maximum atomic E-state index is 12.2. The second-order valence-electron chi connectivity index (χ2n) is 6.62. The van der Waals surface area contributed by atoms with Gasteiger partial charge in [0.1, 0.15) is 13.4 Å². The van der Waals surface area contributed by atoms with E-state index in [1.807, 2.05) is 38.1 Å². The number of hydrogen-bond acceptors (Lipinski definition) is 5. The Hall–Kier alpha value is -2.57. The normalized spacial score (nSPS) is 18.7. The van der Waals surface area contributed by atoms with Gasteiger partial charge in [-0.05, 0) is 55.3 Å². The highest BCUT2D eigenvalue weighted by atomic mass is 35.5. The molecule has 1 atom stereocenters. The van der Waals surface area contributed by atoms with Crippen molar-refractivity contribution in [2.75, 3.05) is 7.11 Å². The molecule has 0 radical (unpaired) electrons. The Balaban J connectivity index is 1.79. The van der Waals surface area contributed by atoms with Crippen molar-refractivity contribution in [1.82, 2.24) is 5.32 Å². The quantitative estimate of drug-likeness (QED) is 0.435. The standard InChI is InChI=1S/C20H19Cl2N3O3/c1-12-6-13(4-5-17(12)19(26)23-11-24-27-3)18-10-20(2,28-25-18)14-7-15(21)9-16(22)8-14/h4-9,11H,10H2,1-3H3,(H,23,24,26)/t20-/m0/s1. The lowest BCUT2D eigenvalue weighted by atomic mass is 9.88. The number of halogens is 2. The summed E-state index contributed by atoms with van der Waals surface area (Å²) in [6, 6.07) is 10.8. The molecule has 6 nitrogen and oxygen atoms in total. The zero-order valence-corrected chi connectivity index (χ0v) is 17.1. The van der Waals surface area contributed by atoms with Crippen LogP contribution in [0.25, 0.3) is 0 Å². The van der Waals surface area contributed by atoms with E-state index in [0.29, 0.717) is 22.0 Å². The molecule has 1 aliphatic heterocycles. The Bertz CT molecular complexity index is 955. The van der Waals surface area contributed by atoms with E-state index < -0.39 is 5.60 Å². The van der Waals surface area contributed by atoms with Crippen molar-refractivity contribution in [2.24, 2.45) is 10.3 Å². The van der Waals surface area contributed by atoms with Crippen LogP contribution < -0.4 is 5.32 Å². The summed E-state index contributed by atoms with van der Waals surface area (Å²) in [5, 5.41) is 11.4. The third-order valence-electron chi connectivity index (χ3n) is 4.49. The van der Waals surface area contributed by atoms with Crippen LogP contribution >= 0.6 is 23.2 Å². The molecular formula is C20H19Cl2N3O3. The van der Waals surface area contributed by atoms with E-state index in [-0.39, 0.29) is 5.91 Å². The van der Waals surface area contributed by atoms with Crippen molar-refractivity contribution in [3.8, 4) is 0 Å². The third-order valence-corrected chi connectivity index (χ3v) is 4.93. The Labute approximate surface area is 173 Å². The fourth-order valence-corrected chi connectivity index (χ4v) is 3.55. The van der Waals surface area contributed by atoms with E-state index in [2.05, 4.69) is 20.5 Å². The summed E-state index contributed by atoms with van der Waals surface area (Å²) in [5.41, 5.74) is 3.21. The smallest absolute Gasteiger partial charge is 0.256 e. The van der Waals surface area contributed by atoms with E-state index in [1.54, 1.807) is 12.1 Å². The van der Waals surface area contributed by atoms with Gasteiger partial charge in [0.25, 0.3) is 5.91 Å². The summed E-state index contributed by atoms with van der Waals surface area (Å²) in [5.74, 6) is -0.270. The van der Waals surface area contributed by atoms with Crippen LogP contribution in [0.4, 0.5) is 0 Å². The number of oxime groups is 2. The number of amides is 1. The van der Waals surface area contributed by atoms with Crippen LogP contribution in [-0.2, 0) is 15.3 Å². The lowest BCUT2D eigenvalue weighted by Crippen LogP contribution is -2.23. The number of carbonyl (C=O) groups excluding carboxylic acids is 1. The van der Waals surface area contributed by atoms with Crippen LogP contribution in [0.1, 0.15) is 40.4 Å². The second kappa shape index (κ2) is 8.20. The highest BCUT2D eigenvalue weighted by molar-refractivity contribution is 6.34. The molecule has 2 aromatic carbocycles. The molecule has 8 heteroatoms. The average molecular weight is 420 g/mol. The SMILES string of the molecule is CO/N=C\NC(=O)c1ccc(C2=NO[C@](C)(c3cc(Cl)cc(Cl)c3)C2)cc1C. The Morgan fingerprint density at radius 3 is 2.64 bits per heavy atom. The highest BCUT2D eigenvalue weighted by Gasteiger charge is 2.37. The predicted molar refractivity (Wildman–Crippen MR) is 110 cm³/mol. The number of nitrogens with zero attached hydrogens (tertiary/aromatic N) is 2. The van der Waals surface area contributed by atoms with E-state index in [9.17, 15) is 4.79 Å². The lowest BCUT2D eigenvalue weighted by molar-refractivity contribution is -0.00737. The average Bonchev–Trinajstić information content (AvgIpc) is 3.04. The summed E-state index contributed by atoms with van der Waals surface area (Å²) >= 11 is 12.2. The first-order chi connectivity index (χ1) is 13.3. The van der Waals surface area contributed by atoms with Gasteiger partial charge in [0.2, 0.25) is 0 Å². The van der Waals surface area contributed by atoms with Gasteiger partial charge < -0.3 is 15.0 Å². The van der Waals surface area contributed by atoms with Crippen molar-refractivity contribution in [3.05, 3.63) is 68.7 Å². The molecule has 1 N–H and O–H groups in total. The fourth-order valence-electron chi connectivity index (χ4n) is 3.02. The number of aryl methyl sites for hydroxylation is 1. The minimum absolute atomic E-state index is 0.270. The fraction of sp³-hybridized carbons (Fsp3) is 0.250. The molecule has 1 heterocycles. The molecule has 0 aromatic heterocycles. The Morgan fingerprint density at radius 1 is 1.29 bits per heavy atom. The topological polar surface area (TPSA) is 72.3 Å². The van der Waals surface area contributed by atoms with Crippen LogP contribution in [0.5, 0.6) is 0 Å². The number of rotatable bonds is 5. The van der Waals surface area contributed by atoms with Gasteiger partial charge in [-0.2, -0.15) is 0 Å². The van der Waals surface area contributed by atoms with Crippen LogP contribution in [0, 0.1) is 6.92 Å². The van der Waals surface area contributed by atoms with Crippen molar-refractivity contribution in [3.63, 3.8) is 0 Å². The summed E-state index contributed by atoms with van der Waals surface area (Å²) in [6.07, 6.45) is 1.75. The first-order valence-electron chi connectivity index (χ1n) is 8.51. The minimum atomic E-state index is -0.662. The zero-order valence-electron chi connectivity index (χ0n) is 15.6. The van der Waals surface area contributed by atoms with Gasteiger partial charge in [0.05, 0.1) is 5.71 Å². The summed E-state index contributed by atoms with van der Waals surface area (Å²) in [7, 11) is 1.40. The Kier molecular flexibility index (Phi) is 5.91. The summed E-state index contributed by atoms with van der Waals surface area (Å²) in [6.45, 7) is 3.80. The van der Waals surface area contributed by atoms with Crippen LogP contribution in [0.15, 0.2) is 46.7 Å². The van der Waals surface area contributed by atoms with Gasteiger partial charge in [0, 0.05) is 27.6 Å². The van der Waals surface area contributed by atoms with Crippen molar-refractivity contribution >= 4 is 41.2 Å². The largest absolute Gasteiger partial charge is 0.398 e. The van der Waals surface area contributed by atoms with Gasteiger partial charge in [-0.25, -0.2) is 0 Å². The highest BCUT2D eigenvalue weighted by Crippen LogP contribution is 2.38. The van der Waals surface area contributed by atoms with Gasteiger partial charge in [-0.1, -0.05) is 39.6 Å². The van der Waals surface area contributed by atoms with E-state index in [1.165, 1.54) is 13.4 Å². The molecular weight excluding hydrogens is 401 g/mol. The van der Waals surface area contributed by atoms with Gasteiger partial charge in [-0.3, -0.25) is 4.79 Å². The molecule has 1 amide bonds. The van der Waals surface area contributed by atoms with Gasteiger partial charge in [0.15, 0.2) is 5.60 Å². The summed E-state index contributed by atoms with van der Waals surface area (Å²) < 4.78 is 0. The van der Waals surface area contributed by atoms with Crippen LogP contribution in [-0.4, -0.2) is 25.1 Å². The zero-order chi connectivity index (χ0) is 20.3. The second-order valence-corrected chi connectivity index (χ2v) is 7.49. The maximum absolute atomic E-state index is 12.2. The molecule has 0 spiro atoms. The number of carbonyl (C=O) groups is 1. The minimum Gasteiger partial charge on any atom is -0.398 e. The third kappa shape index (κ3) is 4.29. The van der Waals surface area contributed by atoms with Crippen LogP contribution in [0.3, 0.4) is 0 Å². The maximum Gasteiger partial charge on any atom is 0.256 e. The number of nitrogens with one attached hydrogen (secondary N) is 1. The van der Waals surface area contributed by atoms with Crippen molar-refractivity contribution in [1.29, 1.82) is 0 Å². The molecule has 1 aliphatic rings. The molecule has 146 valence electrons. The molecule has 3 rings (SSSR count). The molecule has 0 fully saturated rings. The van der Waals surface area contributed by atoms with Crippen LogP contribution in [0.2, 0.25) is 10.0 Å². The number of hydrogen-bond donors (Lipinski definition) is 1. The first kappa shape index (κ1) is 20.2. The van der Waals surface area contributed by atoms with E-state index in [0.717, 1.165) is 22.4 Å². The molecule has 0 bridgehead atoms. The molecule has 28 heavy (non-hydrogen) atoms. The Morgan fingerprint density at radius 2 is 2.00 bits per heavy atom. The van der Waals surface area contributed by atoms with Crippen molar-refractivity contribution in [2.45, 2.75) is 25.9 Å². The lowest BCUT2D eigenvalue weighted by Gasteiger charge is -2.22. The monoisotopic (exact) mass is 419 g/mol. The predicted octanol–water partition coefficient (Wildman–Crippen LogP) is 4.66. The van der Waals surface area contributed by atoms with Gasteiger partial charge in [-0.15, -0.1) is 0 Å². The summed E-state index contributed by atoms with van der Waals surface area (Å²) in [4.78, 5) is 22.5. The molecule has 0 unspecified atom stereocenters. The number of benzene rings is 2. The molecule has 0 saturated carbocycles. The molecule has 2 aromatic rings. The first-order valence-corrected chi connectivity index (χ1v) is 9.26. The van der Waals surface area contributed by atoms with E-state index >= 15 is 0 Å². The van der Waals surface area contributed by atoms with E-state index in [4.69, 9.17) is 28.0 Å². The van der Waals surface area contributed by atoms with Gasteiger partial charge >= 0.3 is 0 Å². The van der Waals surface area contributed by atoms with Crippen molar-refractivity contribution < 1.29 is 14.5 Å². The molecule has 0 saturated heterocycles. The molecule has 0 aliphatic carbocycles.